The van der Waals surface area contributed by atoms with Crippen molar-refractivity contribution in [1.29, 1.82) is 0 Å². The average molecular weight is 322 g/mol. The summed E-state index contributed by atoms with van der Waals surface area (Å²) < 4.78 is 0. The fraction of sp³-hybridized carbons (Fsp3) is 0.364. The van der Waals surface area contributed by atoms with Gasteiger partial charge in [0.15, 0.2) is 0 Å². The summed E-state index contributed by atoms with van der Waals surface area (Å²) in [5, 5.41) is 20.1. The van der Waals surface area contributed by atoms with Crippen molar-refractivity contribution in [2.24, 2.45) is 0 Å². The molecule has 2 aromatic rings. The van der Waals surface area contributed by atoms with Crippen molar-refractivity contribution >= 4 is 0 Å². The Kier molecular flexibility index (Phi) is 4.16. The number of phenols is 2. The van der Waals surface area contributed by atoms with E-state index >= 15 is 0 Å². The fourth-order valence-corrected chi connectivity index (χ4v) is 4.10. The molecule has 126 valence electrons. The van der Waals surface area contributed by atoms with E-state index in [1.54, 1.807) is 0 Å². The van der Waals surface area contributed by atoms with E-state index in [4.69, 9.17) is 0 Å². The van der Waals surface area contributed by atoms with E-state index in [1.807, 2.05) is 26.0 Å². The summed E-state index contributed by atoms with van der Waals surface area (Å²) in [5.74, 6) is 0.715. The number of phenolic OH excluding ortho intramolecular Hbond substituents is 2. The molecule has 0 amide bonds. The molecule has 0 bridgehead atoms. The molecule has 0 heterocycles. The van der Waals surface area contributed by atoms with Crippen LogP contribution >= 0.6 is 0 Å². The van der Waals surface area contributed by atoms with Crippen molar-refractivity contribution in [3.63, 3.8) is 0 Å². The number of aromatic hydroxyl groups is 2. The van der Waals surface area contributed by atoms with Gasteiger partial charge >= 0.3 is 0 Å². The minimum atomic E-state index is -0.0974. The molecule has 1 aliphatic rings. The summed E-state index contributed by atoms with van der Waals surface area (Å²) in [6, 6.07) is 8.05. The molecule has 0 saturated heterocycles. The monoisotopic (exact) mass is 322 g/mol. The molecule has 2 heteroatoms. The third-order valence-electron chi connectivity index (χ3n) is 5.49. The van der Waals surface area contributed by atoms with Crippen LogP contribution in [0.1, 0.15) is 52.6 Å². The Morgan fingerprint density at radius 2 is 1.21 bits per heavy atom. The number of hydrogen-bond donors (Lipinski definition) is 2. The molecule has 24 heavy (non-hydrogen) atoms. The zero-order chi connectivity index (χ0) is 17.5. The molecular weight excluding hydrogens is 296 g/mol. The van der Waals surface area contributed by atoms with Gasteiger partial charge in [0.1, 0.15) is 11.5 Å². The third-order valence-corrected chi connectivity index (χ3v) is 5.49. The maximum atomic E-state index is 10.1. The Labute approximate surface area is 144 Å². The lowest BCUT2D eigenvalue weighted by atomic mass is 9.64. The van der Waals surface area contributed by atoms with E-state index in [2.05, 4.69) is 38.1 Å². The van der Waals surface area contributed by atoms with Crippen LogP contribution in [0.25, 0.3) is 0 Å². The van der Waals surface area contributed by atoms with Gasteiger partial charge in [0.05, 0.1) is 0 Å². The van der Waals surface area contributed by atoms with E-state index in [1.165, 1.54) is 11.1 Å². The third kappa shape index (κ3) is 2.60. The zero-order valence-corrected chi connectivity index (χ0v) is 15.0. The van der Waals surface area contributed by atoms with Crippen LogP contribution in [0, 0.1) is 27.7 Å². The fourth-order valence-electron chi connectivity index (χ4n) is 4.10. The molecule has 0 saturated carbocycles. The second kappa shape index (κ2) is 6.01. The van der Waals surface area contributed by atoms with E-state index in [9.17, 15) is 10.2 Å². The molecule has 3 rings (SSSR count). The number of aryl methyl sites for hydroxylation is 4. The van der Waals surface area contributed by atoms with Gasteiger partial charge in [-0.2, -0.15) is 0 Å². The molecule has 0 radical (unpaired) electrons. The van der Waals surface area contributed by atoms with Crippen LogP contribution in [0.4, 0.5) is 0 Å². The Morgan fingerprint density at radius 3 is 1.62 bits per heavy atom. The van der Waals surface area contributed by atoms with Crippen molar-refractivity contribution in [3.05, 3.63) is 69.8 Å². The largest absolute Gasteiger partial charge is 0.508 e. The van der Waals surface area contributed by atoms with Gasteiger partial charge in [-0.1, -0.05) is 24.3 Å². The van der Waals surface area contributed by atoms with Crippen LogP contribution in [0.15, 0.2) is 36.4 Å². The summed E-state index contributed by atoms with van der Waals surface area (Å²) in [5.41, 5.74) is 6.55. The van der Waals surface area contributed by atoms with Crippen LogP contribution in [0.5, 0.6) is 11.5 Å². The van der Waals surface area contributed by atoms with Crippen molar-refractivity contribution in [2.45, 2.75) is 52.4 Å². The van der Waals surface area contributed by atoms with Gasteiger partial charge in [-0.05, 0) is 92.5 Å². The average Bonchev–Trinajstić information content (AvgIpc) is 2.55. The molecule has 0 spiro atoms. The topological polar surface area (TPSA) is 40.5 Å². The standard InChI is InChI=1S/C22H26O2/c1-14-12-20(23)16(3)10-18(14)22(8-6-5-7-9-22)19-11-17(4)21(24)13-15(19)2/h5-6,10-13,23-24H,7-9H2,1-4H3. The van der Waals surface area contributed by atoms with Crippen LogP contribution in [0.2, 0.25) is 0 Å². The maximum Gasteiger partial charge on any atom is 0.118 e. The van der Waals surface area contributed by atoms with Crippen LogP contribution < -0.4 is 0 Å². The predicted molar refractivity (Wildman–Crippen MR) is 98.9 cm³/mol. The van der Waals surface area contributed by atoms with Gasteiger partial charge in [-0.25, -0.2) is 0 Å². The molecule has 2 nitrogen and oxygen atoms in total. The second-order valence-electron chi connectivity index (χ2n) is 7.20. The summed E-state index contributed by atoms with van der Waals surface area (Å²) in [7, 11) is 0. The lowest BCUT2D eigenvalue weighted by Gasteiger charge is -2.39. The van der Waals surface area contributed by atoms with E-state index in [-0.39, 0.29) is 5.41 Å². The van der Waals surface area contributed by atoms with E-state index in [0.29, 0.717) is 11.5 Å². The highest BCUT2D eigenvalue weighted by atomic mass is 16.3. The minimum Gasteiger partial charge on any atom is -0.508 e. The number of allylic oxidation sites excluding steroid dienone is 2. The quantitative estimate of drug-likeness (QED) is 0.731. The van der Waals surface area contributed by atoms with Crippen LogP contribution in [-0.2, 0) is 5.41 Å². The summed E-state index contributed by atoms with van der Waals surface area (Å²) in [6.45, 7) is 8.08. The molecule has 1 aliphatic carbocycles. The molecule has 2 N–H and O–H groups in total. The highest BCUT2D eigenvalue weighted by Crippen LogP contribution is 2.47. The predicted octanol–water partition coefficient (Wildman–Crippen LogP) is 5.36. The van der Waals surface area contributed by atoms with Gasteiger partial charge in [0.25, 0.3) is 0 Å². The Bertz CT molecular complexity index is 758. The first-order chi connectivity index (χ1) is 11.3. The van der Waals surface area contributed by atoms with Gasteiger partial charge in [-0.3, -0.25) is 0 Å². The first-order valence-corrected chi connectivity index (χ1v) is 8.61. The Hall–Kier alpha value is -2.22. The lowest BCUT2D eigenvalue weighted by molar-refractivity contribution is 0.447. The lowest BCUT2D eigenvalue weighted by Crippen LogP contribution is -2.31. The van der Waals surface area contributed by atoms with Crippen molar-refractivity contribution in [2.75, 3.05) is 0 Å². The van der Waals surface area contributed by atoms with Crippen LogP contribution in [0.3, 0.4) is 0 Å². The van der Waals surface area contributed by atoms with Gasteiger partial charge in [0.2, 0.25) is 0 Å². The summed E-state index contributed by atoms with van der Waals surface area (Å²) in [4.78, 5) is 0. The molecule has 0 aliphatic heterocycles. The van der Waals surface area contributed by atoms with Crippen molar-refractivity contribution in [1.82, 2.24) is 0 Å². The smallest absolute Gasteiger partial charge is 0.118 e. The van der Waals surface area contributed by atoms with E-state index < -0.39 is 0 Å². The molecular formula is C22H26O2. The van der Waals surface area contributed by atoms with Crippen molar-refractivity contribution in [3.8, 4) is 11.5 Å². The highest BCUT2D eigenvalue weighted by molar-refractivity contribution is 5.54. The van der Waals surface area contributed by atoms with Gasteiger partial charge < -0.3 is 10.2 Å². The first-order valence-electron chi connectivity index (χ1n) is 8.61. The first kappa shape index (κ1) is 16.6. The maximum absolute atomic E-state index is 10.1. The number of hydrogen-bond acceptors (Lipinski definition) is 2. The number of benzene rings is 2. The summed E-state index contributed by atoms with van der Waals surface area (Å²) in [6.07, 6.45) is 7.55. The molecule has 2 aromatic carbocycles. The van der Waals surface area contributed by atoms with Gasteiger partial charge in [0, 0.05) is 5.41 Å². The van der Waals surface area contributed by atoms with Crippen molar-refractivity contribution < 1.29 is 10.2 Å². The SMILES string of the molecule is Cc1cc(C2(c3cc(C)c(O)cc3C)CC=CCC2)c(C)cc1O. The molecule has 0 aromatic heterocycles. The highest BCUT2D eigenvalue weighted by Gasteiger charge is 2.37. The Balaban J connectivity index is 2.30. The Morgan fingerprint density at radius 1 is 0.708 bits per heavy atom. The van der Waals surface area contributed by atoms with Crippen LogP contribution in [-0.4, -0.2) is 10.2 Å². The molecule has 0 unspecified atom stereocenters. The summed E-state index contributed by atoms with van der Waals surface area (Å²) >= 11 is 0. The second-order valence-corrected chi connectivity index (χ2v) is 7.20. The molecule has 0 fully saturated rings. The number of rotatable bonds is 2. The zero-order valence-electron chi connectivity index (χ0n) is 15.0. The minimum absolute atomic E-state index is 0.0974. The van der Waals surface area contributed by atoms with Gasteiger partial charge in [-0.15, -0.1) is 0 Å². The van der Waals surface area contributed by atoms with E-state index in [0.717, 1.165) is 41.5 Å². The normalized spacial score (nSPS) is 16.3. The molecule has 0 atom stereocenters.